The Morgan fingerprint density at radius 2 is 1.13 bits per heavy atom. The van der Waals surface area contributed by atoms with Crippen molar-refractivity contribution in [2.24, 2.45) is 0 Å². The van der Waals surface area contributed by atoms with Gasteiger partial charge < -0.3 is 15.5 Å². The zero-order chi connectivity index (χ0) is 22.3. The first-order chi connectivity index (χ1) is 14.6. The molecule has 0 bridgehead atoms. The fourth-order valence-corrected chi connectivity index (χ4v) is 4.04. The topological polar surface area (TPSA) is 69.6 Å². The molecule has 0 radical (unpaired) electrons. The summed E-state index contributed by atoms with van der Waals surface area (Å²) in [6.45, 7) is 4.34. The van der Waals surface area contributed by atoms with Crippen LogP contribution in [0.3, 0.4) is 0 Å². The van der Waals surface area contributed by atoms with Crippen LogP contribution in [0.4, 0.5) is 0 Å². The molecular formula is C26H53NO3. The van der Waals surface area contributed by atoms with E-state index in [1.807, 2.05) is 0 Å². The summed E-state index contributed by atoms with van der Waals surface area (Å²) in [6.07, 6.45) is 22.7. The van der Waals surface area contributed by atoms with E-state index in [1.165, 1.54) is 89.9 Å². The van der Waals surface area contributed by atoms with E-state index in [2.05, 4.69) is 19.2 Å². The van der Waals surface area contributed by atoms with Crippen molar-refractivity contribution in [2.45, 2.75) is 154 Å². The van der Waals surface area contributed by atoms with Crippen LogP contribution in [0.15, 0.2) is 0 Å². The molecule has 0 aliphatic rings. The van der Waals surface area contributed by atoms with Gasteiger partial charge >= 0.3 is 0 Å². The average molecular weight is 428 g/mol. The van der Waals surface area contributed by atoms with Crippen LogP contribution >= 0.6 is 0 Å². The van der Waals surface area contributed by atoms with Gasteiger partial charge in [0.25, 0.3) is 0 Å². The highest BCUT2D eigenvalue weighted by molar-refractivity contribution is 5.76. The lowest BCUT2D eigenvalue weighted by molar-refractivity contribution is -0.122. The molecule has 3 N–H and O–H groups in total. The Bertz CT molecular complexity index is 362. The molecule has 0 aromatic heterocycles. The molecule has 1 amide bonds. The van der Waals surface area contributed by atoms with E-state index in [-0.39, 0.29) is 18.6 Å². The summed E-state index contributed by atoms with van der Waals surface area (Å²) in [7, 11) is 0. The molecule has 0 rings (SSSR count). The zero-order valence-corrected chi connectivity index (χ0v) is 20.3. The largest absolute Gasteiger partial charge is 0.394 e. The summed E-state index contributed by atoms with van der Waals surface area (Å²) in [4.78, 5) is 12.0. The van der Waals surface area contributed by atoms with E-state index >= 15 is 0 Å². The average Bonchev–Trinajstić information content (AvgIpc) is 2.73. The summed E-state index contributed by atoms with van der Waals surface area (Å²) < 4.78 is 0. The van der Waals surface area contributed by atoms with Crippen LogP contribution < -0.4 is 5.32 Å². The first kappa shape index (κ1) is 29.4. The maximum atomic E-state index is 12.0. The van der Waals surface area contributed by atoms with Gasteiger partial charge in [0.15, 0.2) is 0 Å². The number of unbranched alkanes of at least 4 members (excludes halogenated alkanes) is 15. The lowest BCUT2D eigenvalue weighted by atomic mass is 10.0. The number of carbonyl (C=O) groups is 1. The smallest absolute Gasteiger partial charge is 0.220 e. The normalized spacial score (nSPS) is 13.3. The highest BCUT2D eigenvalue weighted by Gasteiger charge is 2.16. The van der Waals surface area contributed by atoms with Gasteiger partial charge in [0.2, 0.25) is 5.91 Å². The van der Waals surface area contributed by atoms with Crippen LogP contribution in [0.5, 0.6) is 0 Å². The number of rotatable bonds is 23. The number of aliphatic hydroxyl groups is 2. The monoisotopic (exact) mass is 427 g/mol. The highest BCUT2D eigenvalue weighted by atomic mass is 16.3. The van der Waals surface area contributed by atoms with Crippen LogP contribution in [-0.4, -0.2) is 34.9 Å². The van der Waals surface area contributed by atoms with Gasteiger partial charge in [-0.1, -0.05) is 117 Å². The van der Waals surface area contributed by atoms with Crippen LogP contribution in [-0.2, 0) is 4.79 Å². The number of hydrogen-bond donors (Lipinski definition) is 3. The molecule has 30 heavy (non-hydrogen) atoms. The van der Waals surface area contributed by atoms with Gasteiger partial charge in [-0.25, -0.2) is 0 Å². The summed E-state index contributed by atoms with van der Waals surface area (Å²) >= 11 is 0. The third kappa shape index (κ3) is 20.7. The number of hydrogen-bond acceptors (Lipinski definition) is 3. The van der Waals surface area contributed by atoms with Crippen molar-refractivity contribution < 1.29 is 15.0 Å². The molecule has 0 saturated heterocycles. The molecule has 0 unspecified atom stereocenters. The number of carbonyl (C=O) groups excluding carboxylic acids is 1. The van der Waals surface area contributed by atoms with Crippen LogP contribution in [0, 0.1) is 0 Å². The molecule has 180 valence electrons. The van der Waals surface area contributed by atoms with E-state index < -0.39 is 6.10 Å². The number of nitrogens with one attached hydrogen (secondary N) is 1. The Hall–Kier alpha value is -0.610. The fourth-order valence-electron chi connectivity index (χ4n) is 4.04. The molecule has 0 aromatic carbocycles. The predicted molar refractivity (Wildman–Crippen MR) is 129 cm³/mol. The van der Waals surface area contributed by atoms with Gasteiger partial charge in [-0.2, -0.15) is 0 Å². The molecule has 0 saturated carbocycles. The molecule has 4 nitrogen and oxygen atoms in total. The van der Waals surface area contributed by atoms with Gasteiger partial charge in [-0.3, -0.25) is 4.79 Å². The van der Waals surface area contributed by atoms with Crippen molar-refractivity contribution in [2.75, 3.05) is 6.61 Å². The Morgan fingerprint density at radius 1 is 0.700 bits per heavy atom. The van der Waals surface area contributed by atoms with E-state index in [0.29, 0.717) is 12.8 Å². The summed E-state index contributed by atoms with van der Waals surface area (Å²) in [5, 5.41) is 22.6. The third-order valence-electron chi connectivity index (χ3n) is 6.04. The molecule has 0 fully saturated rings. The Kier molecular flexibility index (Phi) is 22.6. The maximum Gasteiger partial charge on any atom is 0.220 e. The second-order valence-electron chi connectivity index (χ2n) is 9.18. The van der Waals surface area contributed by atoms with E-state index in [0.717, 1.165) is 25.7 Å². The van der Waals surface area contributed by atoms with Gasteiger partial charge in [0.1, 0.15) is 0 Å². The summed E-state index contributed by atoms with van der Waals surface area (Å²) in [5.74, 6) is 0.00288. The molecule has 0 aliphatic carbocycles. The number of amides is 1. The van der Waals surface area contributed by atoms with Crippen molar-refractivity contribution in [3.8, 4) is 0 Å². The van der Waals surface area contributed by atoms with E-state index in [4.69, 9.17) is 0 Å². The minimum absolute atomic E-state index is 0.00288. The van der Waals surface area contributed by atoms with Crippen LogP contribution in [0.1, 0.15) is 142 Å². The van der Waals surface area contributed by atoms with Gasteiger partial charge in [0, 0.05) is 6.42 Å². The summed E-state index contributed by atoms with van der Waals surface area (Å²) in [5.41, 5.74) is 0. The standard InChI is InChI=1S/C26H53NO3/c1-3-5-7-9-10-11-12-13-14-15-17-18-20-25(29)22-24(23-28)27-26(30)21-19-16-8-6-4-2/h24-25,28-29H,3-23H2,1-2H3,(H,27,30)/t24-,25-/m1/s1. The Morgan fingerprint density at radius 3 is 1.60 bits per heavy atom. The second-order valence-corrected chi connectivity index (χ2v) is 9.18. The van der Waals surface area contributed by atoms with E-state index in [1.54, 1.807) is 0 Å². The number of aliphatic hydroxyl groups excluding tert-OH is 2. The quantitative estimate of drug-likeness (QED) is 0.160. The molecular weight excluding hydrogens is 374 g/mol. The molecule has 0 spiro atoms. The minimum Gasteiger partial charge on any atom is -0.394 e. The summed E-state index contributed by atoms with van der Waals surface area (Å²) in [6, 6.07) is -0.319. The molecule has 4 heteroatoms. The SMILES string of the molecule is CCCCCCCCCCCCCC[C@@H](O)C[C@H](CO)NC(=O)CCCCCCC. The highest BCUT2D eigenvalue weighted by Crippen LogP contribution is 2.14. The molecule has 2 atom stereocenters. The fraction of sp³-hybridized carbons (Fsp3) is 0.962. The van der Waals surface area contributed by atoms with Crippen LogP contribution in [0.25, 0.3) is 0 Å². The molecule has 0 aliphatic heterocycles. The van der Waals surface area contributed by atoms with Crippen molar-refractivity contribution in [1.82, 2.24) is 5.32 Å². The minimum atomic E-state index is -0.435. The van der Waals surface area contributed by atoms with Gasteiger partial charge in [-0.05, 0) is 19.3 Å². The van der Waals surface area contributed by atoms with Crippen molar-refractivity contribution in [1.29, 1.82) is 0 Å². The maximum absolute atomic E-state index is 12.0. The lowest BCUT2D eigenvalue weighted by Crippen LogP contribution is -2.39. The third-order valence-corrected chi connectivity index (χ3v) is 6.04. The first-order valence-electron chi connectivity index (χ1n) is 13.2. The Balaban J connectivity index is 3.57. The predicted octanol–water partition coefficient (Wildman–Crippen LogP) is 6.67. The lowest BCUT2D eigenvalue weighted by Gasteiger charge is -2.20. The van der Waals surface area contributed by atoms with Crippen molar-refractivity contribution in [3.05, 3.63) is 0 Å². The van der Waals surface area contributed by atoms with Crippen molar-refractivity contribution in [3.63, 3.8) is 0 Å². The van der Waals surface area contributed by atoms with Crippen molar-refractivity contribution >= 4 is 5.91 Å². The zero-order valence-electron chi connectivity index (χ0n) is 20.3. The first-order valence-corrected chi connectivity index (χ1v) is 13.2. The second kappa shape index (κ2) is 23.1. The Labute approximate surface area is 187 Å². The molecule has 0 aromatic rings. The van der Waals surface area contributed by atoms with Crippen LogP contribution in [0.2, 0.25) is 0 Å². The van der Waals surface area contributed by atoms with Gasteiger partial charge in [0.05, 0.1) is 18.8 Å². The molecule has 0 heterocycles. The van der Waals surface area contributed by atoms with E-state index in [9.17, 15) is 15.0 Å². The van der Waals surface area contributed by atoms with Gasteiger partial charge in [-0.15, -0.1) is 0 Å².